The van der Waals surface area contributed by atoms with E-state index in [9.17, 15) is 4.79 Å². The zero-order chi connectivity index (χ0) is 15.5. The first kappa shape index (κ1) is 20.2. The van der Waals surface area contributed by atoms with Gasteiger partial charge < -0.3 is 38.1 Å². The van der Waals surface area contributed by atoms with Gasteiger partial charge in [0, 0.05) is 19.8 Å². The van der Waals surface area contributed by atoms with Crippen molar-refractivity contribution in [3.63, 3.8) is 0 Å². The summed E-state index contributed by atoms with van der Waals surface area (Å²) >= 11 is 0. The Balaban J connectivity index is 0.00000400. The molecule has 0 aliphatic carbocycles. The lowest BCUT2D eigenvalue weighted by atomic mass is 10.0. The van der Waals surface area contributed by atoms with Gasteiger partial charge in [0.2, 0.25) is 0 Å². The molecule has 0 atom stereocenters. The highest BCUT2D eigenvalue weighted by molar-refractivity contribution is 5.74. The molecule has 0 N–H and O–H groups in total. The summed E-state index contributed by atoms with van der Waals surface area (Å²) in [4.78, 5) is 14.0. The van der Waals surface area contributed by atoms with E-state index in [0.29, 0.717) is 22.7 Å². The Morgan fingerprint density at radius 2 is 1.81 bits per heavy atom. The van der Waals surface area contributed by atoms with Gasteiger partial charge in [-0.3, -0.25) is 0 Å². The number of ether oxygens (including phenoxy) is 1. The van der Waals surface area contributed by atoms with Crippen LogP contribution in [0.15, 0.2) is 18.2 Å². The van der Waals surface area contributed by atoms with Crippen LogP contribution in [0.3, 0.4) is 0 Å². The van der Waals surface area contributed by atoms with E-state index in [4.69, 9.17) is 4.74 Å². The number of halogens is 1. The highest BCUT2D eigenvalue weighted by atomic mass is 127. The highest BCUT2D eigenvalue weighted by Crippen LogP contribution is 2.30. The van der Waals surface area contributed by atoms with Gasteiger partial charge in [-0.05, 0) is 29.7 Å². The van der Waals surface area contributed by atoms with E-state index in [-0.39, 0.29) is 29.9 Å². The third-order valence-corrected chi connectivity index (χ3v) is 2.94. The van der Waals surface area contributed by atoms with Crippen molar-refractivity contribution in [2.24, 2.45) is 0 Å². The molecule has 4 nitrogen and oxygen atoms in total. The predicted molar refractivity (Wildman–Crippen MR) is 83.4 cm³/mol. The Hall–Kier alpha value is -0.820. The number of quaternary nitrogens is 1. The number of anilines is 1. The molecule has 0 unspecified atom stereocenters. The first-order valence-corrected chi connectivity index (χ1v) is 6.92. The number of hydrogen-bond acceptors (Lipinski definition) is 3. The summed E-state index contributed by atoms with van der Waals surface area (Å²) in [6.07, 6.45) is 0. The largest absolute Gasteiger partial charge is 1.00 e. The second-order valence-electron chi connectivity index (χ2n) is 6.69. The van der Waals surface area contributed by atoms with E-state index in [1.165, 1.54) is 5.56 Å². The lowest BCUT2D eigenvalue weighted by Crippen LogP contribution is -3.00. The fourth-order valence-corrected chi connectivity index (χ4v) is 2.02. The SMILES string of the molecule is CC(C)c1cc(OC(=O)C[N+](C)(C)C)ccc1N(C)C.[I-]. The Bertz CT molecular complexity index is 480. The van der Waals surface area contributed by atoms with E-state index < -0.39 is 0 Å². The number of esters is 1. The monoisotopic (exact) mass is 406 g/mol. The number of hydrogen-bond donors (Lipinski definition) is 0. The Kier molecular flexibility index (Phi) is 7.67. The molecule has 0 aliphatic heterocycles. The maximum atomic E-state index is 11.9. The summed E-state index contributed by atoms with van der Waals surface area (Å²) in [5, 5.41) is 0. The van der Waals surface area contributed by atoms with Crippen molar-refractivity contribution in [3.05, 3.63) is 23.8 Å². The van der Waals surface area contributed by atoms with Crippen molar-refractivity contribution in [2.75, 3.05) is 46.7 Å². The van der Waals surface area contributed by atoms with Crippen LogP contribution in [0.5, 0.6) is 5.75 Å². The van der Waals surface area contributed by atoms with Crippen LogP contribution in [-0.4, -0.2) is 52.2 Å². The van der Waals surface area contributed by atoms with Crippen molar-refractivity contribution in [3.8, 4) is 5.75 Å². The van der Waals surface area contributed by atoms with E-state index in [1.54, 1.807) is 0 Å². The van der Waals surface area contributed by atoms with E-state index in [0.717, 1.165) is 5.69 Å². The second-order valence-corrected chi connectivity index (χ2v) is 6.69. The molecule has 120 valence electrons. The van der Waals surface area contributed by atoms with Crippen molar-refractivity contribution in [1.82, 2.24) is 0 Å². The number of benzene rings is 1. The zero-order valence-electron chi connectivity index (χ0n) is 14.1. The highest BCUT2D eigenvalue weighted by Gasteiger charge is 2.17. The van der Waals surface area contributed by atoms with E-state index in [2.05, 4.69) is 18.7 Å². The molecule has 0 radical (unpaired) electrons. The van der Waals surface area contributed by atoms with Crippen LogP contribution in [0.2, 0.25) is 0 Å². The molecule has 0 heterocycles. The standard InChI is InChI=1S/C16H27N2O2.HI/c1-12(2)14-10-13(8-9-15(14)17(3)4)20-16(19)11-18(5,6)7;/h8-10,12H,11H2,1-7H3;1H/q+1;/p-1. The van der Waals surface area contributed by atoms with Gasteiger partial charge in [0.15, 0.2) is 6.54 Å². The smallest absolute Gasteiger partial charge is 0.367 e. The molecule has 21 heavy (non-hydrogen) atoms. The molecular formula is C16H27IN2O2. The van der Waals surface area contributed by atoms with Crippen LogP contribution in [-0.2, 0) is 4.79 Å². The fourth-order valence-electron chi connectivity index (χ4n) is 2.02. The van der Waals surface area contributed by atoms with Crippen LogP contribution in [0, 0.1) is 0 Å². The van der Waals surface area contributed by atoms with Crippen molar-refractivity contribution in [2.45, 2.75) is 19.8 Å². The third kappa shape index (κ3) is 6.65. The average Bonchev–Trinajstić information content (AvgIpc) is 2.25. The summed E-state index contributed by atoms with van der Waals surface area (Å²) in [6, 6.07) is 5.83. The van der Waals surface area contributed by atoms with Gasteiger partial charge in [-0.2, -0.15) is 0 Å². The molecule has 1 aromatic rings. The first-order valence-electron chi connectivity index (χ1n) is 6.92. The molecule has 1 rings (SSSR count). The summed E-state index contributed by atoms with van der Waals surface area (Å²) < 4.78 is 6.00. The number of carbonyl (C=O) groups is 1. The molecule has 0 saturated carbocycles. The van der Waals surface area contributed by atoms with Crippen molar-refractivity contribution >= 4 is 11.7 Å². The normalized spacial score (nSPS) is 11.0. The minimum Gasteiger partial charge on any atom is -1.00 e. The van der Waals surface area contributed by atoms with Crippen LogP contribution in [0.25, 0.3) is 0 Å². The van der Waals surface area contributed by atoms with Crippen molar-refractivity contribution in [1.29, 1.82) is 0 Å². The second kappa shape index (κ2) is 7.98. The Morgan fingerprint density at radius 3 is 2.24 bits per heavy atom. The van der Waals surface area contributed by atoms with E-state index in [1.807, 2.05) is 53.4 Å². The van der Waals surface area contributed by atoms with Gasteiger partial charge in [-0.15, -0.1) is 0 Å². The maximum absolute atomic E-state index is 11.9. The molecule has 5 heteroatoms. The summed E-state index contributed by atoms with van der Waals surface area (Å²) in [6.45, 7) is 4.63. The van der Waals surface area contributed by atoms with Crippen molar-refractivity contribution < 1.29 is 38.0 Å². The first-order chi connectivity index (χ1) is 9.10. The molecule has 0 aliphatic rings. The van der Waals surface area contributed by atoms with Crippen LogP contribution >= 0.6 is 0 Å². The lowest BCUT2D eigenvalue weighted by molar-refractivity contribution is -0.862. The summed E-state index contributed by atoms with van der Waals surface area (Å²) in [7, 11) is 9.94. The molecule has 0 amide bonds. The van der Waals surface area contributed by atoms with Gasteiger partial charge in [0.05, 0.1) is 21.1 Å². The molecule has 0 spiro atoms. The Labute approximate surface area is 145 Å². The average molecular weight is 406 g/mol. The fraction of sp³-hybridized carbons (Fsp3) is 0.562. The summed E-state index contributed by atoms with van der Waals surface area (Å²) in [5.74, 6) is 0.798. The lowest BCUT2D eigenvalue weighted by Gasteiger charge is -2.23. The topological polar surface area (TPSA) is 29.5 Å². The van der Waals surface area contributed by atoms with Gasteiger partial charge in [0.1, 0.15) is 5.75 Å². The van der Waals surface area contributed by atoms with Gasteiger partial charge in [-0.25, -0.2) is 4.79 Å². The van der Waals surface area contributed by atoms with Crippen LogP contribution < -0.4 is 33.6 Å². The molecular weight excluding hydrogens is 379 g/mol. The number of rotatable bonds is 5. The maximum Gasteiger partial charge on any atom is 0.367 e. The minimum absolute atomic E-state index is 0. The van der Waals surface area contributed by atoms with Gasteiger partial charge >= 0.3 is 5.97 Å². The van der Waals surface area contributed by atoms with Gasteiger partial charge in [-0.1, -0.05) is 13.8 Å². The molecule has 0 aromatic heterocycles. The number of carbonyl (C=O) groups excluding carboxylic acids is 1. The van der Waals surface area contributed by atoms with E-state index >= 15 is 0 Å². The molecule has 0 bridgehead atoms. The molecule has 1 aromatic carbocycles. The Morgan fingerprint density at radius 1 is 1.24 bits per heavy atom. The van der Waals surface area contributed by atoms with Crippen LogP contribution in [0.1, 0.15) is 25.3 Å². The molecule has 0 fully saturated rings. The van der Waals surface area contributed by atoms with Gasteiger partial charge in [0.25, 0.3) is 0 Å². The third-order valence-electron chi connectivity index (χ3n) is 2.94. The zero-order valence-corrected chi connectivity index (χ0v) is 16.3. The predicted octanol–water partition coefficient (Wildman–Crippen LogP) is -0.508. The molecule has 0 saturated heterocycles. The number of likely N-dealkylation sites (N-methyl/N-ethyl adjacent to an activating group) is 1. The quantitative estimate of drug-likeness (QED) is 0.286. The summed E-state index contributed by atoms with van der Waals surface area (Å²) in [5.41, 5.74) is 2.34. The number of nitrogens with zero attached hydrogens (tertiary/aromatic N) is 2. The minimum atomic E-state index is -0.204. The van der Waals surface area contributed by atoms with Crippen LogP contribution in [0.4, 0.5) is 5.69 Å².